The van der Waals surface area contributed by atoms with Crippen LogP contribution in [-0.2, 0) is 9.53 Å². The van der Waals surface area contributed by atoms with E-state index in [1.165, 1.54) is 6.42 Å². The van der Waals surface area contributed by atoms with Crippen molar-refractivity contribution in [2.75, 3.05) is 0 Å². The average Bonchev–Trinajstić information content (AvgIpc) is 2.54. The van der Waals surface area contributed by atoms with E-state index in [9.17, 15) is 9.90 Å². The highest BCUT2D eigenvalue weighted by Crippen LogP contribution is 2.64. The molecule has 1 N–H and O–H groups in total. The molecule has 0 saturated heterocycles. The third kappa shape index (κ3) is 1.71. The lowest BCUT2D eigenvalue weighted by Gasteiger charge is -2.42. The van der Waals surface area contributed by atoms with Crippen molar-refractivity contribution in [3.63, 3.8) is 0 Å². The lowest BCUT2D eigenvalue weighted by atomic mass is 9.69. The number of rotatable bonds is 2. The van der Waals surface area contributed by atoms with Crippen LogP contribution in [0.5, 0.6) is 0 Å². The second-order valence-corrected chi connectivity index (χ2v) is 9.07. The van der Waals surface area contributed by atoms with Crippen LogP contribution in [0.2, 0.25) is 0 Å². The Morgan fingerprint density at radius 2 is 1.55 bits per heavy atom. The van der Waals surface area contributed by atoms with E-state index in [1.807, 2.05) is 13.8 Å². The number of carbonyl (C=O) groups is 1. The molecule has 0 amide bonds. The summed E-state index contributed by atoms with van der Waals surface area (Å²) in [4.78, 5) is 12.7. The van der Waals surface area contributed by atoms with E-state index in [2.05, 4.69) is 20.8 Å². The third-order valence-corrected chi connectivity index (χ3v) is 6.68. The molecule has 0 aromatic carbocycles. The highest BCUT2D eigenvalue weighted by molar-refractivity contribution is 5.77. The molecule has 114 valence electrons. The second kappa shape index (κ2) is 3.79. The van der Waals surface area contributed by atoms with Crippen molar-refractivity contribution in [3.05, 3.63) is 0 Å². The SMILES string of the molecule is CC(C)(C)C(C)(C)C(=O)OC12CC3CC(CC1(O)C3)C2. The fourth-order valence-corrected chi connectivity index (χ4v) is 4.54. The minimum Gasteiger partial charge on any atom is -0.456 e. The van der Waals surface area contributed by atoms with Gasteiger partial charge in [-0.3, -0.25) is 4.79 Å². The first-order chi connectivity index (χ1) is 8.99. The Hall–Kier alpha value is -0.570. The highest BCUT2D eigenvalue weighted by atomic mass is 16.6. The summed E-state index contributed by atoms with van der Waals surface area (Å²) < 4.78 is 6.03. The summed E-state index contributed by atoms with van der Waals surface area (Å²) in [6, 6.07) is 0. The van der Waals surface area contributed by atoms with Gasteiger partial charge in [0.15, 0.2) is 0 Å². The Bertz CT molecular complexity index is 430. The Morgan fingerprint density at radius 1 is 1.05 bits per heavy atom. The van der Waals surface area contributed by atoms with Crippen molar-refractivity contribution in [1.82, 2.24) is 0 Å². The second-order valence-electron chi connectivity index (χ2n) is 9.07. The van der Waals surface area contributed by atoms with Gasteiger partial charge < -0.3 is 9.84 Å². The summed E-state index contributed by atoms with van der Waals surface area (Å²) in [5.41, 5.74) is -2.03. The zero-order chi connectivity index (χ0) is 15.0. The maximum atomic E-state index is 12.7. The molecule has 4 bridgehead atoms. The Balaban J connectivity index is 1.84. The molecule has 3 heteroatoms. The summed E-state index contributed by atoms with van der Waals surface area (Å²) in [5.74, 6) is 0.961. The molecule has 0 heterocycles. The van der Waals surface area contributed by atoms with Crippen molar-refractivity contribution in [2.24, 2.45) is 22.7 Å². The fraction of sp³-hybridized carbons (Fsp3) is 0.941. The average molecular weight is 280 g/mol. The van der Waals surface area contributed by atoms with E-state index in [4.69, 9.17) is 4.74 Å². The molecule has 0 spiro atoms. The predicted octanol–water partition coefficient (Wildman–Crippen LogP) is 3.30. The summed E-state index contributed by atoms with van der Waals surface area (Å²) >= 11 is 0. The smallest absolute Gasteiger partial charge is 0.312 e. The summed E-state index contributed by atoms with van der Waals surface area (Å²) in [6.07, 6.45) is 4.60. The Kier molecular flexibility index (Phi) is 2.72. The summed E-state index contributed by atoms with van der Waals surface area (Å²) in [5, 5.41) is 10.9. The molecule has 20 heavy (non-hydrogen) atoms. The van der Waals surface area contributed by atoms with E-state index in [0.717, 1.165) is 25.7 Å². The van der Waals surface area contributed by atoms with Crippen LogP contribution in [0.15, 0.2) is 0 Å². The first kappa shape index (κ1) is 14.4. The largest absolute Gasteiger partial charge is 0.456 e. The molecule has 2 atom stereocenters. The number of aliphatic hydroxyl groups is 1. The number of hydrogen-bond acceptors (Lipinski definition) is 3. The van der Waals surface area contributed by atoms with E-state index in [1.54, 1.807) is 0 Å². The van der Waals surface area contributed by atoms with E-state index in [-0.39, 0.29) is 11.4 Å². The molecule has 4 rings (SSSR count). The van der Waals surface area contributed by atoms with Gasteiger partial charge in [-0.25, -0.2) is 0 Å². The molecule has 4 saturated carbocycles. The quantitative estimate of drug-likeness (QED) is 0.789. The van der Waals surface area contributed by atoms with Crippen molar-refractivity contribution < 1.29 is 14.6 Å². The summed E-state index contributed by atoms with van der Waals surface area (Å²) in [6.45, 7) is 10.1. The number of ether oxygens (including phenoxy) is 1. The molecule has 4 aliphatic carbocycles. The maximum absolute atomic E-state index is 12.7. The van der Waals surface area contributed by atoms with Crippen LogP contribution in [0.3, 0.4) is 0 Å². The predicted molar refractivity (Wildman–Crippen MR) is 77.1 cm³/mol. The molecule has 0 aliphatic heterocycles. The van der Waals surface area contributed by atoms with Gasteiger partial charge in [-0.1, -0.05) is 20.8 Å². The Labute approximate surface area is 122 Å². The topological polar surface area (TPSA) is 46.5 Å². The first-order valence-corrected chi connectivity index (χ1v) is 7.95. The molecule has 0 radical (unpaired) electrons. The zero-order valence-corrected chi connectivity index (χ0v) is 13.5. The van der Waals surface area contributed by atoms with Gasteiger partial charge in [0, 0.05) is 0 Å². The standard InChI is InChI=1S/C17H28O3/c1-14(2,3)15(4,5)13(18)20-17-9-11-6-12(10-17)8-16(17,19)7-11/h11-12,19H,6-10H2,1-5H3. The molecular weight excluding hydrogens is 252 g/mol. The Morgan fingerprint density at radius 3 is 2.00 bits per heavy atom. The lowest BCUT2D eigenvalue weighted by Crippen LogP contribution is -2.52. The van der Waals surface area contributed by atoms with Crippen LogP contribution >= 0.6 is 0 Å². The fourth-order valence-electron chi connectivity index (χ4n) is 4.54. The molecule has 4 aliphatic rings. The highest BCUT2D eigenvalue weighted by Gasteiger charge is 2.69. The minimum absolute atomic E-state index is 0.147. The van der Waals surface area contributed by atoms with E-state index < -0.39 is 16.6 Å². The van der Waals surface area contributed by atoms with Gasteiger partial charge in [0.05, 0.1) is 5.41 Å². The number of hydrogen-bond donors (Lipinski definition) is 1. The normalized spacial score (nSPS) is 43.1. The molecule has 3 nitrogen and oxygen atoms in total. The molecular formula is C17H28O3. The van der Waals surface area contributed by atoms with E-state index >= 15 is 0 Å². The van der Waals surface area contributed by atoms with Crippen LogP contribution in [0.25, 0.3) is 0 Å². The third-order valence-electron chi connectivity index (χ3n) is 6.68. The van der Waals surface area contributed by atoms with Crippen molar-refractivity contribution >= 4 is 5.97 Å². The minimum atomic E-state index is -0.746. The van der Waals surface area contributed by atoms with Crippen LogP contribution in [0.1, 0.15) is 66.7 Å². The van der Waals surface area contributed by atoms with Gasteiger partial charge in [0.1, 0.15) is 11.2 Å². The lowest BCUT2D eigenvalue weighted by molar-refractivity contribution is -0.196. The zero-order valence-electron chi connectivity index (χ0n) is 13.5. The van der Waals surface area contributed by atoms with Gasteiger partial charge in [-0.05, 0) is 63.2 Å². The van der Waals surface area contributed by atoms with Crippen molar-refractivity contribution in [3.8, 4) is 0 Å². The number of esters is 1. The molecule has 2 unspecified atom stereocenters. The molecule has 4 fully saturated rings. The van der Waals surface area contributed by atoms with Gasteiger partial charge in [-0.15, -0.1) is 0 Å². The molecule has 0 aromatic heterocycles. The van der Waals surface area contributed by atoms with Crippen LogP contribution in [0.4, 0.5) is 0 Å². The van der Waals surface area contributed by atoms with Gasteiger partial charge in [-0.2, -0.15) is 0 Å². The summed E-state index contributed by atoms with van der Waals surface area (Å²) in [7, 11) is 0. The van der Waals surface area contributed by atoms with Gasteiger partial charge in [0.2, 0.25) is 0 Å². The van der Waals surface area contributed by atoms with Crippen LogP contribution in [0, 0.1) is 22.7 Å². The number of carbonyl (C=O) groups excluding carboxylic acids is 1. The van der Waals surface area contributed by atoms with Crippen LogP contribution < -0.4 is 0 Å². The first-order valence-electron chi connectivity index (χ1n) is 7.95. The monoisotopic (exact) mass is 280 g/mol. The van der Waals surface area contributed by atoms with E-state index in [0.29, 0.717) is 11.8 Å². The maximum Gasteiger partial charge on any atom is 0.312 e. The molecule has 0 aromatic rings. The van der Waals surface area contributed by atoms with Crippen molar-refractivity contribution in [2.45, 2.75) is 77.9 Å². The van der Waals surface area contributed by atoms with Crippen LogP contribution in [-0.4, -0.2) is 22.3 Å². The van der Waals surface area contributed by atoms with Gasteiger partial charge >= 0.3 is 5.97 Å². The van der Waals surface area contributed by atoms with Gasteiger partial charge in [0.25, 0.3) is 0 Å². The van der Waals surface area contributed by atoms with Crippen molar-refractivity contribution in [1.29, 1.82) is 0 Å².